The second-order valence-corrected chi connectivity index (χ2v) is 6.03. The molecule has 1 aromatic rings. The van der Waals surface area contributed by atoms with Crippen molar-refractivity contribution in [2.75, 3.05) is 12.8 Å². The van der Waals surface area contributed by atoms with E-state index in [0.717, 1.165) is 18.4 Å². The third-order valence-corrected chi connectivity index (χ3v) is 4.02. The molecule has 0 heterocycles. The number of unbranched alkanes of at least 4 members (excludes halogenated alkanes) is 5. The van der Waals surface area contributed by atoms with Gasteiger partial charge in [0.25, 0.3) is 0 Å². The summed E-state index contributed by atoms with van der Waals surface area (Å²) in [5.74, 6) is 0.170. The van der Waals surface area contributed by atoms with Gasteiger partial charge in [-0.05, 0) is 30.2 Å². The molecule has 2 N–H and O–H groups in total. The van der Waals surface area contributed by atoms with Crippen LogP contribution in [0.5, 0.6) is 0 Å². The molecular formula is C17H27ClN2O. The van der Waals surface area contributed by atoms with Crippen LogP contribution in [-0.4, -0.2) is 17.9 Å². The maximum atomic E-state index is 12.1. The molecule has 1 rings (SSSR count). The van der Waals surface area contributed by atoms with Crippen molar-refractivity contribution >= 4 is 23.2 Å². The van der Waals surface area contributed by atoms with Gasteiger partial charge >= 0.3 is 0 Å². The molecule has 0 aliphatic carbocycles. The van der Waals surface area contributed by atoms with E-state index in [1.165, 1.54) is 25.7 Å². The summed E-state index contributed by atoms with van der Waals surface area (Å²) >= 11 is 6.13. The Hall–Kier alpha value is -1.22. The third-order valence-electron chi connectivity index (χ3n) is 3.65. The van der Waals surface area contributed by atoms with Gasteiger partial charge in [-0.2, -0.15) is 0 Å². The van der Waals surface area contributed by atoms with Crippen LogP contribution in [0.1, 0.15) is 57.4 Å². The van der Waals surface area contributed by atoms with Crippen molar-refractivity contribution in [3.8, 4) is 0 Å². The van der Waals surface area contributed by atoms with Gasteiger partial charge in [-0.3, -0.25) is 4.79 Å². The summed E-state index contributed by atoms with van der Waals surface area (Å²) in [7, 11) is 1.82. The predicted octanol–water partition coefficient (Wildman–Crippen LogP) is 4.63. The molecule has 0 bridgehead atoms. The summed E-state index contributed by atoms with van der Waals surface area (Å²) < 4.78 is 0. The molecule has 0 saturated carbocycles. The van der Waals surface area contributed by atoms with Crippen molar-refractivity contribution < 1.29 is 4.79 Å². The predicted molar refractivity (Wildman–Crippen MR) is 90.3 cm³/mol. The number of hydrogen-bond acceptors (Lipinski definition) is 2. The normalized spacial score (nSPS) is 10.6. The second kappa shape index (κ2) is 9.67. The Kier molecular flexibility index (Phi) is 8.21. The van der Waals surface area contributed by atoms with E-state index in [4.69, 9.17) is 17.3 Å². The highest BCUT2D eigenvalue weighted by Crippen LogP contribution is 2.20. The molecule has 0 saturated heterocycles. The van der Waals surface area contributed by atoms with Gasteiger partial charge in [0, 0.05) is 30.7 Å². The van der Waals surface area contributed by atoms with Crippen LogP contribution in [0, 0.1) is 0 Å². The number of halogens is 1. The Morgan fingerprint density at radius 2 is 1.86 bits per heavy atom. The summed E-state index contributed by atoms with van der Waals surface area (Å²) in [6.07, 6.45) is 7.77. The highest BCUT2D eigenvalue weighted by molar-refractivity contribution is 6.31. The molecule has 3 nitrogen and oxygen atoms in total. The van der Waals surface area contributed by atoms with E-state index in [2.05, 4.69) is 6.92 Å². The summed E-state index contributed by atoms with van der Waals surface area (Å²) in [4.78, 5) is 13.8. The fourth-order valence-electron chi connectivity index (χ4n) is 2.31. The number of hydrogen-bond donors (Lipinski definition) is 1. The third kappa shape index (κ3) is 6.85. The van der Waals surface area contributed by atoms with Gasteiger partial charge in [-0.15, -0.1) is 0 Å². The Morgan fingerprint density at radius 1 is 1.19 bits per heavy atom. The number of nitrogens with zero attached hydrogens (tertiary/aromatic N) is 1. The molecule has 118 valence electrons. The van der Waals surface area contributed by atoms with E-state index >= 15 is 0 Å². The maximum absolute atomic E-state index is 12.1. The summed E-state index contributed by atoms with van der Waals surface area (Å²) in [5.41, 5.74) is 7.33. The number of rotatable bonds is 9. The van der Waals surface area contributed by atoms with E-state index in [1.54, 1.807) is 17.0 Å². The van der Waals surface area contributed by atoms with Crippen molar-refractivity contribution in [2.45, 2.75) is 58.4 Å². The van der Waals surface area contributed by atoms with Crippen molar-refractivity contribution in [1.82, 2.24) is 4.90 Å². The lowest BCUT2D eigenvalue weighted by Gasteiger charge is -2.18. The van der Waals surface area contributed by atoms with Crippen molar-refractivity contribution in [1.29, 1.82) is 0 Å². The fraction of sp³-hybridized carbons (Fsp3) is 0.588. The molecule has 0 unspecified atom stereocenters. The number of carbonyl (C=O) groups excluding carboxylic acids is 1. The van der Waals surface area contributed by atoms with Gasteiger partial charge in [0.05, 0.1) is 0 Å². The molecule has 1 amide bonds. The zero-order valence-electron chi connectivity index (χ0n) is 13.2. The molecule has 0 radical (unpaired) electrons. The minimum atomic E-state index is 0.170. The first-order valence-corrected chi connectivity index (χ1v) is 8.20. The zero-order chi connectivity index (χ0) is 15.7. The highest BCUT2D eigenvalue weighted by Gasteiger charge is 2.11. The Morgan fingerprint density at radius 3 is 2.57 bits per heavy atom. The van der Waals surface area contributed by atoms with Crippen LogP contribution < -0.4 is 5.73 Å². The number of nitrogens with two attached hydrogens (primary N) is 1. The molecule has 0 atom stereocenters. The molecule has 21 heavy (non-hydrogen) atoms. The van der Waals surface area contributed by atoms with Crippen LogP contribution >= 0.6 is 11.6 Å². The average Bonchev–Trinajstić information content (AvgIpc) is 2.46. The van der Waals surface area contributed by atoms with Crippen LogP contribution in [0.4, 0.5) is 5.69 Å². The first kappa shape index (κ1) is 17.8. The first-order valence-electron chi connectivity index (χ1n) is 7.82. The Bertz CT molecular complexity index is 448. The number of carbonyl (C=O) groups is 1. The van der Waals surface area contributed by atoms with Gasteiger partial charge in [0.1, 0.15) is 0 Å². The molecule has 1 aromatic carbocycles. The van der Waals surface area contributed by atoms with E-state index < -0.39 is 0 Å². The summed E-state index contributed by atoms with van der Waals surface area (Å²) in [5, 5.41) is 0.656. The van der Waals surface area contributed by atoms with E-state index in [-0.39, 0.29) is 5.91 Å². The lowest BCUT2D eigenvalue weighted by molar-refractivity contribution is -0.130. The number of amides is 1. The lowest BCUT2D eigenvalue weighted by Crippen LogP contribution is -2.26. The van der Waals surface area contributed by atoms with Crippen LogP contribution in [0.25, 0.3) is 0 Å². The fourth-order valence-corrected chi connectivity index (χ4v) is 2.48. The van der Waals surface area contributed by atoms with Crippen LogP contribution in [0.15, 0.2) is 18.2 Å². The highest BCUT2D eigenvalue weighted by atomic mass is 35.5. The molecular weight excluding hydrogens is 284 g/mol. The standard InChI is InChI=1S/C17H27ClN2O/c1-3-4-5-6-7-8-9-17(21)20(2)13-14-12-15(19)10-11-16(14)18/h10-12H,3-9,13,19H2,1-2H3. The number of benzene rings is 1. The average molecular weight is 311 g/mol. The van der Waals surface area contributed by atoms with Crippen molar-refractivity contribution in [2.24, 2.45) is 0 Å². The molecule has 0 spiro atoms. The van der Waals surface area contributed by atoms with Gasteiger partial charge in [-0.1, -0.05) is 50.6 Å². The minimum Gasteiger partial charge on any atom is -0.399 e. The minimum absolute atomic E-state index is 0.170. The number of nitrogen functional groups attached to an aromatic ring is 1. The van der Waals surface area contributed by atoms with Crippen LogP contribution in [0.2, 0.25) is 5.02 Å². The quantitative estimate of drug-likeness (QED) is 0.534. The van der Waals surface area contributed by atoms with E-state index in [1.807, 2.05) is 13.1 Å². The Balaban J connectivity index is 2.32. The zero-order valence-corrected chi connectivity index (χ0v) is 14.0. The van der Waals surface area contributed by atoms with E-state index in [9.17, 15) is 4.79 Å². The molecule has 4 heteroatoms. The van der Waals surface area contributed by atoms with Crippen LogP contribution in [-0.2, 0) is 11.3 Å². The summed E-state index contributed by atoms with van der Waals surface area (Å²) in [6.45, 7) is 2.72. The van der Waals surface area contributed by atoms with Gasteiger partial charge in [-0.25, -0.2) is 0 Å². The summed E-state index contributed by atoms with van der Waals surface area (Å²) in [6, 6.07) is 5.37. The smallest absolute Gasteiger partial charge is 0.222 e. The topological polar surface area (TPSA) is 46.3 Å². The SMILES string of the molecule is CCCCCCCCC(=O)N(C)Cc1cc(N)ccc1Cl. The van der Waals surface area contributed by atoms with Gasteiger partial charge in [0.15, 0.2) is 0 Å². The van der Waals surface area contributed by atoms with Gasteiger partial charge < -0.3 is 10.6 Å². The Labute approximate surface area is 133 Å². The van der Waals surface area contributed by atoms with Crippen molar-refractivity contribution in [3.63, 3.8) is 0 Å². The first-order chi connectivity index (χ1) is 10.0. The van der Waals surface area contributed by atoms with Crippen LogP contribution in [0.3, 0.4) is 0 Å². The molecule has 0 aliphatic rings. The molecule has 0 aromatic heterocycles. The van der Waals surface area contributed by atoms with E-state index in [0.29, 0.717) is 23.7 Å². The second-order valence-electron chi connectivity index (χ2n) is 5.62. The molecule has 0 fully saturated rings. The molecule has 0 aliphatic heterocycles. The largest absolute Gasteiger partial charge is 0.399 e. The van der Waals surface area contributed by atoms with Gasteiger partial charge in [0.2, 0.25) is 5.91 Å². The monoisotopic (exact) mass is 310 g/mol. The number of anilines is 1. The van der Waals surface area contributed by atoms with Crippen molar-refractivity contribution in [3.05, 3.63) is 28.8 Å². The maximum Gasteiger partial charge on any atom is 0.222 e. The lowest BCUT2D eigenvalue weighted by atomic mass is 10.1.